The Hall–Kier alpha value is -0.860. The van der Waals surface area contributed by atoms with E-state index in [4.69, 9.17) is 4.74 Å². The zero-order valence-electron chi connectivity index (χ0n) is 12.9. The van der Waals surface area contributed by atoms with Crippen LogP contribution in [0.4, 0.5) is 0 Å². The van der Waals surface area contributed by atoms with Crippen LogP contribution in [0.25, 0.3) is 0 Å². The quantitative estimate of drug-likeness (QED) is 0.737. The lowest BCUT2D eigenvalue weighted by atomic mass is 10.2. The molecule has 2 aliphatic heterocycles. The molecule has 0 amide bonds. The Morgan fingerprint density at radius 1 is 1.05 bits per heavy atom. The summed E-state index contributed by atoms with van der Waals surface area (Å²) in [5.74, 6) is 1.05. The van der Waals surface area contributed by atoms with Gasteiger partial charge in [-0.2, -0.15) is 0 Å². The Labute approximate surface area is 149 Å². The highest BCUT2D eigenvalue weighted by Gasteiger charge is 2.18. The summed E-state index contributed by atoms with van der Waals surface area (Å²) >= 11 is 0. The molecule has 0 unspecified atom stereocenters. The van der Waals surface area contributed by atoms with E-state index in [2.05, 4.69) is 44.4 Å². The fraction of sp³-hybridized carbons (Fsp3) is 0.562. The summed E-state index contributed by atoms with van der Waals surface area (Å²) in [6, 6.07) is 10.5. The fourth-order valence-electron chi connectivity index (χ4n) is 2.73. The van der Waals surface area contributed by atoms with Gasteiger partial charge >= 0.3 is 0 Å². The molecule has 6 heteroatoms. The van der Waals surface area contributed by atoms with Gasteiger partial charge in [-0.25, -0.2) is 0 Å². The zero-order valence-corrected chi connectivity index (χ0v) is 15.2. The average Bonchev–Trinajstić information content (AvgIpc) is 3.00. The first-order valence-electron chi connectivity index (χ1n) is 7.79. The van der Waals surface area contributed by atoms with E-state index in [1.807, 2.05) is 6.07 Å². The average molecular weight is 416 g/mol. The van der Waals surface area contributed by atoms with Gasteiger partial charge in [-0.05, 0) is 5.56 Å². The van der Waals surface area contributed by atoms with Crippen molar-refractivity contribution in [2.75, 3.05) is 52.5 Å². The van der Waals surface area contributed by atoms with Crippen molar-refractivity contribution in [2.45, 2.75) is 6.54 Å². The molecule has 0 bridgehead atoms. The lowest BCUT2D eigenvalue weighted by molar-refractivity contribution is 0.0361. The van der Waals surface area contributed by atoms with Crippen molar-refractivity contribution in [1.82, 2.24) is 15.1 Å². The third-order valence-corrected chi connectivity index (χ3v) is 4.01. The number of nitrogens with zero attached hydrogens (tertiary/aromatic N) is 3. The summed E-state index contributed by atoms with van der Waals surface area (Å²) in [5.41, 5.74) is 1.29. The highest BCUT2D eigenvalue weighted by molar-refractivity contribution is 14.0. The van der Waals surface area contributed by atoms with Gasteiger partial charge in [0.1, 0.15) is 0 Å². The Morgan fingerprint density at radius 2 is 1.82 bits per heavy atom. The van der Waals surface area contributed by atoms with Crippen LogP contribution in [-0.2, 0) is 11.3 Å². The van der Waals surface area contributed by atoms with Crippen molar-refractivity contribution in [1.29, 1.82) is 0 Å². The van der Waals surface area contributed by atoms with E-state index in [9.17, 15) is 0 Å². The normalized spacial score (nSPS) is 18.7. The van der Waals surface area contributed by atoms with Crippen LogP contribution in [0.5, 0.6) is 0 Å². The van der Waals surface area contributed by atoms with E-state index in [0.717, 1.165) is 65.0 Å². The van der Waals surface area contributed by atoms with Crippen molar-refractivity contribution in [3.63, 3.8) is 0 Å². The molecule has 122 valence electrons. The summed E-state index contributed by atoms with van der Waals surface area (Å²) in [6.07, 6.45) is 0. The summed E-state index contributed by atoms with van der Waals surface area (Å²) < 4.78 is 5.39. The molecule has 1 aromatic carbocycles. The molecule has 22 heavy (non-hydrogen) atoms. The second-order valence-electron chi connectivity index (χ2n) is 5.49. The Morgan fingerprint density at radius 3 is 2.59 bits per heavy atom. The van der Waals surface area contributed by atoms with Crippen LogP contribution in [0, 0.1) is 0 Å². The van der Waals surface area contributed by atoms with E-state index >= 15 is 0 Å². The molecular weight excluding hydrogens is 391 g/mol. The molecule has 3 rings (SSSR count). The number of halogens is 1. The van der Waals surface area contributed by atoms with Crippen molar-refractivity contribution in [3.05, 3.63) is 35.9 Å². The van der Waals surface area contributed by atoms with Crippen molar-refractivity contribution in [2.24, 2.45) is 4.99 Å². The largest absolute Gasteiger partial charge is 0.379 e. The molecule has 1 N–H and O–H groups in total. The smallest absolute Gasteiger partial charge is 0.194 e. The minimum atomic E-state index is 0. The predicted molar refractivity (Wildman–Crippen MR) is 99.8 cm³/mol. The standard InChI is InChI=1S/C16H24N4O.HI/c1-2-4-15(5-3-1)14-18-16-17-6-7-20(16)9-8-19-10-12-21-13-11-19;/h1-5H,6-14H2,(H,17,18);1H. The Bertz CT molecular complexity index is 462. The van der Waals surface area contributed by atoms with E-state index in [1.54, 1.807) is 0 Å². The first kappa shape index (κ1) is 17.5. The van der Waals surface area contributed by atoms with E-state index in [-0.39, 0.29) is 24.0 Å². The molecule has 1 fully saturated rings. The van der Waals surface area contributed by atoms with Crippen LogP contribution in [-0.4, -0.2) is 68.2 Å². The first-order valence-corrected chi connectivity index (χ1v) is 7.79. The molecule has 1 saturated heterocycles. The molecule has 5 nitrogen and oxygen atoms in total. The number of ether oxygens (including phenoxy) is 1. The molecule has 0 atom stereocenters. The number of guanidine groups is 1. The predicted octanol–water partition coefficient (Wildman–Crippen LogP) is 1.40. The van der Waals surface area contributed by atoms with Crippen LogP contribution in [0.3, 0.4) is 0 Å². The molecule has 1 aromatic rings. The number of nitrogens with one attached hydrogen (secondary N) is 1. The number of hydrogen-bond donors (Lipinski definition) is 1. The van der Waals surface area contributed by atoms with Crippen molar-refractivity contribution in [3.8, 4) is 0 Å². The lowest BCUT2D eigenvalue weighted by Gasteiger charge is -2.29. The Balaban J connectivity index is 0.00000176. The fourth-order valence-corrected chi connectivity index (χ4v) is 2.73. The second kappa shape index (κ2) is 9.32. The molecule has 0 radical (unpaired) electrons. The van der Waals surface area contributed by atoms with E-state index in [0.29, 0.717) is 0 Å². The molecule has 0 spiro atoms. The van der Waals surface area contributed by atoms with Crippen LogP contribution in [0.15, 0.2) is 35.3 Å². The minimum Gasteiger partial charge on any atom is -0.379 e. The van der Waals surface area contributed by atoms with E-state index < -0.39 is 0 Å². The summed E-state index contributed by atoms with van der Waals surface area (Å²) in [6.45, 7) is 8.75. The highest BCUT2D eigenvalue weighted by atomic mass is 127. The SMILES string of the molecule is I.c1ccc(CNC2=NCCN2CCN2CCOCC2)cc1. The van der Waals surface area contributed by atoms with Crippen LogP contribution >= 0.6 is 24.0 Å². The van der Waals surface area contributed by atoms with Gasteiger partial charge in [0.25, 0.3) is 0 Å². The van der Waals surface area contributed by atoms with Crippen molar-refractivity contribution < 1.29 is 4.74 Å². The molecular formula is C16H25IN4O. The number of aliphatic imine (C=N–C) groups is 1. The van der Waals surface area contributed by atoms with Gasteiger partial charge in [0.05, 0.1) is 19.8 Å². The molecule has 0 aliphatic carbocycles. The third kappa shape index (κ3) is 5.10. The van der Waals surface area contributed by atoms with Crippen LogP contribution in [0.2, 0.25) is 0 Å². The van der Waals surface area contributed by atoms with Crippen molar-refractivity contribution >= 4 is 29.9 Å². The van der Waals surface area contributed by atoms with Crippen LogP contribution in [0.1, 0.15) is 5.56 Å². The number of morpholine rings is 1. The number of benzene rings is 1. The minimum absolute atomic E-state index is 0. The van der Waals surface area contributed by atoms with Crippen LogP contribution < -0.4 is 5.32 Å². The maximum absolute atomic E-state index is 5.39. The number of hydrogen-bond acceptors (Lipinski definition) is 5. The lowest BCUT2D eigenvalue weighted by Crippen LogP contribution is -2.45. The van der Waals surface area contributed by atoms with Gasteiger partial charge in [-0.1, -0.05) is 30.3 Å². The van der Waals surface area contributed by atoms with Gasteiger partial charge in [0.15, 0.2) is 5.96 Å². The molecule has 2 aliphatic rings. The summed E-state index contributed by atoms with van der Waals surface area (Å²) in [7, 11) is 0. The maximum atomic E-state index is 5.39. The third-order valence-electron chi connectivity index (χ3n) is 4.01. The number of rotatable bonds is 5. The topological polar surface area (TPSA) is 40.1 Å². The Kier molecular flexibility index (Phi) is 7.41. The molecule has 2 heterocycles. The molecule has 0 saturated carbocycles. The summed E-state index contributed by atoms with van der Waals surface area (Å²) in [5, 5.41) is 3.47. The van der Waals surface area contributed by atoms with Gasteiger partial charge in [-0.15, -0.1) is 24.0 Å². The zero-order chi connectivity index (χ0) is 14.3. The summed E-state index contributed by atoms with van der Waals surface area (Å²) in [4.78, 5) is 9.41. The van der Waals surface area contributed by atoms with Gasteiger partial charge < -0.3 is 15.0 Å². The maximum Gasteiger partial charge on any atom is 0.194 e. The second-order valence-corrected chi connectivity index (χ2v) is 5.49. The van der Waals surface area contributed by atoms with E-state index in [1.165, 1.54) is 5.56 Å². The monoisotopic (exact) mass is 416 g/mol. The molecule has 0 aromatic heterocycles. The van der Waals surface area contributed by atoms with Gasteiger partial charge in [0, 0.05) is 39.3 Å². The first-order chi connectivity index (χ1) is 10.4. The van der Waals surface area contributed by atoms with Gasteiger partial charge in [-0.3, -0.25) is 9.89 Å². The highest BCUT2D eigenvalue weighted by Crippen LogP contribution is 2.04. The van der Waals surface area contributed by atoms with Gasteiger partial charge in [0.2, 0.25) is 0 Å².